The van der Waals surface area contributed by atoms with E-state index >= 15 is 0 Å². The zero-order valence-corrected chi connectivity index (χ0v) is 25.9. The summed E-state index contributed by atoms with van der Waals surface area (Å²) in [5.41, 5.74) is 7.61. The number of hydrogen-bond donors (Lipinski definition) is 3. The van der Waals surface area contributed by atoms with Crippen LogP contribution in [0.1, 0.15) is 27.3 Å². The van der Waals surface area contributed by atoms with Gasteiger partial charge in [0.05, 0.1) is 37.5 Å². The molecular formula is C27H32BrN5O8S. The fourth-order valence-electron chi connectivity index (χ4n) is 3.73. The van der Waals surface area contributed by atoms with Crippen molar-refractivity contribution in [1.82, 2.24) is 14.7 Å². The summed E-state index contributed by atoms with van der Waals surface area (Å²) in [6.45, 7) is 4.54. The first kappa shape index (κ1) is 32.7. The van der Waals surface area contributed by atoms with Crippen molar-refractivity contribution in [1.29, 1.82) is 0 Å². The summed E-state index contributed by atoms with van der Waals surface area (Å²) in [7, 11) is -1.06. The third-order valence-corrected chi connectivity index (χ3v) is 7.69. The Hall–Kier alpha value is -3.79. The van der Waals surface area contributed by atoms with Crippen LogP contribution in [0.4, 0.5) is 10.7 Å². The minimum Gasteiger partial charge on any atom is -0.496 e. The zero-order valence-electron chi connectivity index (χ0n) is 23.5. The molecule has 0 saturated carbocycles. The van der Waals surface area contributed by atoms with E-state index in [-0.39, 0.29) is 29.6 Å². The fourth-order valence-corrected chi connectivity index (χ4v) is 5.31. The minimum atomic E-state index is -4.35. The topological polar surface area (TPSA) is 181 Å². The van der Waals surface area contributed by atoms with Crippen LogP contribution in [-0.2, 0) is 25.9 Å². The summed E-state index contributed by atoms with van der Waals surface area (Å²) in [5, 5.41) is 2.26. The van der Waals surface area contributed by atoms with E-state index in [1.54, 1.807) is 34.1 Å². The van der Waals surface area contributed by atoms with Crippen molar-refractivity contribution in [3.8, 4) is 11.5 Å². The highest BCUT2D eigenvalue weighted by molar-refractivity contribution is 9.10. The summed E-state index contributed by atoms with van der Waals surface area (Å²) >= 11 is 3.40. The van der Waals surface area contributed by atoms with Crippen molar-refractivity contribution in [2.24, 2.45) is 5.73 Å². The van der Waals surface area contributed by atoms with Gasteiger partial charge in [0, 0.05) is 11.4 Å². The highest BCUT2D eigenvalue weighted by Gasteiger charge is 2.29. The molecule has 0 unspecified atom stereocenters. The number of nitrogens with zero attached hydrogens (tertiary/aromatic N) is 2. The molecule has 0 bridgehead atoms. The number of carbonyl (C=O) groups is 2. The number of methoxy groups -OCH3 is 2. The predicted molar refractivity (Wildman–Crippen MR) is 157 cm³/mol. The van der Waals surface area contributed by atoms with Crippen LogP contribution in [0.15, 0.2) is 51.8 Å². The molecule has 226 valence electrons. The molecule has 0 spiro atoms. The first-order valence-electron chi connectivity index (χ1n) is 12.6. The lowest BCUT2D eigenvalue weighted by Crippen LogP contribution is -2.39. The average Bonchev–Trinajstić information content (AvgIpc) is 2.91. The Balaban J connectivity index is 0.000000291. The molecule has 4 N–H and O–H groups in total. The van der Waals surface area contributed by atoms with Crippen molar-refractivity contribution in [2.45, 2.75) is 31.3 Å². The number of sulfonamides is 1. The Morgan fingerprint density at radius 3 is 2.26 bits per heavy atom. The number of halogens is 1. The average molecular weight is 667 g/mol. The molecule has 0 aliphatic carbocycles. The Morgan fingerprint density at radius 2 is 1.69 bits per heavy atom. The van der Waals surface area contributed by atoms with Crippen LogP contribution in [-0.4, -0.2) is 70.5 Å². The number of carbonyl (C=O) groups excluding carboxylic acids is 2. The van der Waals surface area contributed by atoms with Crippen LogP contribution in [0.3, 0.4) is 0 Å². The van der Waals surface area contributed by atoms with Crippen LogP contribution in [0.5, 0.6) is 11.5 Å². The SMILES string of the molecule is COc1cc(CCN)c(OC)cc1Br.Cc1cc(C)nc(NC(=O)NS(=O)(=O)c2ccccc2C(=O)OC2COC2)n1. The molecule has 2 amide bonds. The largest absolute Gasteiger partial charge is 0.496 e. The molecule has 1 aliphatic rings. The van der Waals surface area contributed by atoms with E-state index in [1.807, 2.05) is 16.9 Å². The second-order valence-corrected chi connectivity index (χ2v) is 11.4. The lowest BCUT2D eigenvalue weighted by Gasteiger charge is -2.25. The van der Waals surface area contributed by atoms with Crippen LogP contribution in [0.25, 0.3) is 0 Å². The molecule has 2 heterocycles. The van der Waals surface area contributed by atoms with Gasteiger partial charge in [0.2, 0.25) is 5.95 Å². The molecule has 1 saturated heterocycles. The number of aryl methyl sites for hydroxylation is 2. The number of urea groups is 1. The molecule has 0 atom stereocenters. The number of aromatic nitrogens is 2. The maximum Gasteiger partial charge on any atom is 0.339 e. The number of amides is 2. The molecule has 2 aromatic carbocycles. The molecule has 0 radical (unpaired) electrons. The van der Waals surface area contributed by atoms with Gasteiger partial charge in [0.1, 0.15) is 22.5 Å². The lowest BCUT2D eigenvalue weighted by molar-refractivity contribution is -0.103. The predicted octanol–water partition coefficient (Wildman–Crippen LogP) is 3.13. The third-order valence-electron chi connectivity index (χ3n) is 5.68. The molecule has 1 aliphatic heterocycles. The second kappa shape index (κ2) is 14.9. The molecular weight excluding hydrogens is 634 g/mol. The number of esters is 1. The molecule has 13 nitrogen and oxygen atoms in total. The second-order valence-electron chi connectivity index (χ2n) is 8.93. The normalized spacial score (nSPS) is 12.7. The summed E-state index contributed by atoms with van der Waals surface area (Å²) in [6, 6.07) is 9.92. The van der Waals surface area contributed by atoms with Crippen molar-refractivity contribution in [2.75, 3.05) is 39.3 Å². The van der Waals surface area contributed by atoms with Gasteiger partial charge in [-0.2, -0.15) is 0 Å². The van der Waals surface area contributed by atoms with Gasteiger partial charge in [0.25, 0.3) is 10.0 Å². The van der Waals surface area contributed by atoms with Gasteiger partial charge in [-0.3, -0.25) is 5.32 Å². The highest BCUT2D eigenvalue weighted by Crippen LogP contribution is 2.32. The van der Waals surface area contributed by atoms with Gasteiger partial charge in [0.15, 0.2) is 0 Å². The lowest BCUT2D eigenvalue weighted by atomic mass is 10.1. The van der Waals surface area contributed by atoms with Gasteiger partial charge < -0.3 is 24.7 Å². The smallest absolute Gasteiger partial charge is 0.339 e. The van der Waals surface area contributed by atoms with E-state index < -0.39 is 28.1 Å². The number of nitrogens with two attached hydrogens (primary N) is 1. The van der Waals surface area contributed by atoms with E-state index in [1.165, 1.54) is 24.3 Å². The van der Waals surface area contributed by atoms with Gasteiger partial charge in [-0.25, -0.2) is 32.7 Å². The first-order chi connectivity index (χ1) is 20.0. The Kier molecular flexibility index (Phi) is 11.6. The summed E-state index contributed by atoms with van der Waals surface area (Å²) in [6.07, 6.45) is 0.369. The zero-order chi connectivity index (χ0) is 30.9. The number of anilines is 1. The van der Waals surface area contributed by atoms with E-state index in [2.05, 4.69) is 31.2 Å². The van der Waals surface area contributed by atoms with Gasteiger partial charge in [-0.1, -0.05) is 12.1 Å². The van der Waals surface area contributed by atoms with Gasteiger partial charge in [-0.05, 0) is 78.6 Å². The van der Waals surface area contributed by atoms with Crippen LogP contribution >= 0.6 is 15.9 Å². The maximum absolute atomic E-state index is 12.6. The standard InChI is InChI=1S/C17H18N4O6S.C10H14BrNO2/c1-10-7-11(2)19-16(18-10)20-17(23)21-28(24,25)14-6-4-3-5-13(14)15(22)27-12-8-26-9-12;1-13-9-6-8(11)10(14-2)5-7(9)3-4-12/h3-7,12H,8-9H2,1-2H3,(H2,18,19,20,21,23);5-6H,3-4,12H2,1-2H3. The molecule has 42 heavy (non-hydrogen) atoms. The van der Waals surface area contributed by atoms with Crippen LogP contribution < -0.4 is 25.2 Å². The molecule has 15 heteroatoms. The Labute approximate surface area is 252 Å². The van der Waals surface area contributed by atoms with Crippen LogP contribution in [0, 0.1) is 13.8 Å². The monoisotopic (exact) mass is 665 g/mol. The summed E-state index contributed by atoms with van der Waals surface area (Å²) in [4.78, 5) is 32.0. The highest BCUT2D eigenvalue weighted by atomic mass is 79.9. The van der Waals surface area contributed by atoms with E-state index in [9.17, 15) is 18.0 Å². The number of rotatable bonds is 9. The Bertz CT molecular complexity index is 1510. The quantitative estimate of drug-likeness (QED) is 0.286. The molecule has 3 aromatic rings. The van der Waals surface area contributed by atoms with Crippen molar-refractivity contribution >= 4 is 43.9 Å². The van der Waals surface area contributed by atoms with Gasteiger partial charge >= 0.3 is 12.0 Å². The number of nitrogens with one attached hydrogen (secondary N) is 2. The number of benzene rings is 2. The molecule has 1 fully saturated rings. The third kappa shape index (κ3) is 8.85. The van der Waals surface area contributed by atoms with E-state index in [0.717, 1.165) is 28.0 Å². The van der Waals surface area contributed by atoms with Crippen molar-refractivity contribution in [3.05, 3.63) is 69.5 Å². The van der Waals surface area contributed by atoms with Gasteiger partial charge in [-0.15, -0.1) is 0 Å². The maximum atomic E-state index is 12.6. The number of hydrogen-bond acceptors (Lipinski definition) is 11. The minimum absolute atomic E-state index is 0.0390. The Morgan fingerprint density at radius 1 is 1.05 bits per heavy atom. The van der Waals surface area contributed by atoms with E-state index in [4.69, 9.17) is 24.7 Å². The van der Waals surface area contributed by atoms with Crippen molar-refractivity contribution < 1.29 is 37.0 Å². The number of ether oxygens (including phenoxy) is 4. The molecule has 1 aromatic heterocycles. The van der Waals surface area contributed by atoms with Crippen molar-refractivity contribution in [3.63, 3.8) is 0 Å². The summed E-state index contributed by atoms with van der Waals surface area (Å²) in [5.74, 6) is 0.785. The van der Waals surface area contributed by atoms with Crippen LogP contribution in [0.2, 0.25) is 0 Å². The van der Waals surface area contributed by atoms with E-state index in [0.29, 0.717) is 17.9 Å². The first-order valence-corrected chi connectivity index (χ1v) is 14.9. The summed E-state index contributed by atoms with van der Waals surface area (Å²) < 4.78 is 48.5. The fraction of sp³-hybridized carbons (Fsp3) is 0.333. The molecule has 4 rings (SSSR count).